The fourth-order valence-corrected chi connectivity index (χ4v) is 4.43. The molecule has 3 aromatic heterocycles. The van der Waals surface area contributed by atoms with E-state index in [4.69, 9.17) is 0 Å². The van der Waals surface area contributed by atoms with Crippen LogP contribution in [0, 0.1) is 18.3 Å². The number of hydrogen-bond acceptors (Lipinski definition) is 8. The van der Waals surface area contributed by atoms with Crippen LogP contribution >= 0.6 is 0 Å². The molecule has 2 fully saturated rings. The van der Waals surface area contributed by atoms with Gasteiger partial charge in [-0.3, -0.25) is 9.88 Å². The van der Waals surface area contributed by atoms with Gasteiger partial charge in [0.1, 0.15) is 11.8 Å². The number of anilines is 1. The summed E-state index contributed by atoms with van der Waals surface area (Å²) in [6.45, 7) is 4.54. The van der Waals surface area contributed by atoms with Gasteiger partial charge in [-0.15, -0.1) is 5.10 Å². The molecule has 0 aromatic carbocycles. The van der Waals surface area contributed by atoms with Crippen molar-refractivity contribution in [1.82, 2.24) is 34.8 Å². The van der Waals surface area contributed by atoms with Gasteiger partial charge in [-0.25, -0.2) is 14.6 Å². The molecule has 9 nitrogen and oxygen atoms in total. The summed E-state index contributed by atoms with van der Waals surface area (Å²) in [5, 5.41) is 18.1. The van der Waals surface area contributed by atoms with Crippen LogP contribution in [0.3, 0.4) is 0 Å². The number of pyridine rings is 1. The summed E-state index contributed by atoms with van der Waals surface area (Å²) in [6, 6.07) is 6.78. The third kappa shape index (κ3) is 3.21. The van der Waals surface area contributed by atoms with E-state index in [1.807, 2.05) is 29.9 Å². The molecule has 2 aliphatic rings. The average molecular weight is 387 g/mol. The molecule has 2 saturated heterocycles. The quantitative estimate of drug-likeness (QED) is 0.669. The maximum Gasteiger partial charge on any atom is 0.183 e. The van der Waals surface area contributed by atoms with E-state index in [2.05, 4.69) is 41.1 Å². The van der Waals surface area contributed by atoms with Crippen molar-refractivity contribution in [3.05, 3.63) is 54.0 Å². The SMILES string of the molecule is Cc1cc(-n2cc([C@@H]3CC[C@@H]4CN(c5nccnc5C#N)CCN43)nn2)ccn1. The third-order valence-electron chi connectivity index (χ3n) is 5.78. The number of fused-ring (bicyclic) bond motifs is 1. The lowest BCUT2D eigenvalue weighted by Gasteiger charge is -2.40. The topological polar surface area (TPSA) is 99.7 Å². The van der Waals surface area contributed by atoms with Gasteiger partial charge in [0.2, 0.25) is 0 Å². The van der Waals surface area contributed by atoms with E-state index in [-0.39, 0.29) is 6.04 Å². The van der Waals surface area contributed by atoms with Gasteiger partial charge in [-0.2, -0.15) is 5.26 Å². The van der Waals surface area contributed by atoms with Crippen LogP contribution in [-0.2, 0) is 0 Å². The Morgan fingerprint density at radius 2 is 2.00 bits per heavy atom. The molecule has 29 heavy (non-hydrogen) atoms. The van der Waals surface area contributed by atoms with Gasteiger partial charge in [-0.1, -0.05) is 5.21 Å². The van der Waals surface area contributed by atoms with Crippen LogP contribution in [0.15, 0.2) is 36.9 Å². The monoisotopic (exact) mass is 387 g/mol. The molecule has 9 heteroatoms. The Morgan fingerprint density at radius 3 is 2.86 bits per heavy atom. The second-order valence-corrected chi connectivity index (χ2v) is 7.51. The minimum Gasteiger partial charge on any atom is -0.351 e. The lowest BCUT2D eigenvalue weighted by molar-refractivity contribution is 0.173. The van der Waals surface area contributed by atoms with Crippen molar-refractivity contribution in [3.8, 4) is 11.8 Å². The average Bonchev–Trinajstić information content (AvgIpc) is 3.40. The number of hydrogen-bond donors (Lipinski definition) is 0. The maximum atomic E-state index is 9.33. The van der Waals surface area contributed by atoms with Crippen LogP contribution in [0.5, 0.6) is 0 Å². The van der Waals surface area contributed by atoms with Gasteiger partial charge >= 0.3 is 0 Å². The normalized spacial score (nSPS) is 21.7. The van der Waals surface area contributed by atoms with Crippen molar-refractivity contribution in [3.63, 3.8) is 0 Å². The van der Waals surface area contributed by atoms with Crippen molar-refractivity contribution >= 4 is 5.82 Å². The Morgan fingerprint density at radius 1 is 1.10 bits per heavy atom. The first-order valence-corrected chi connectivity index (χ1v) is 9.80. The molecule has 2 aliphatic heterocycles. The molecule has 0 amide bonds. The van der Waals surface area contributed by atoms with Crippen LogP contribution in [-0.4, -0.2) is 60.5 Å². The third-order valence-corrected chi connectivity index (χ3v) is 5.78. The molecule has 0 saturated carbocycles. The Labute approximate surface area is 168 Å². The highest BCUT2D eigenvalue weighted by atomic mass is 15.4. The van der Waals surface area contributed by atoms with E-state index < -0.39 is 0 Å². The van der Waals surface area contributed by atoms with E-state index in [0.29, 0.717) is 17.6 Å². The zero-order chi connectivity index (χ0) is 19.8. The summed E-state index contributed by atoms with van der Waals surface area (Å²) in [5.41, 5.74) is 3.33. The Hall–Kier alpha value is -3.38. The summed E-state index contributed by atoms with van der Waals surface area (Å²) < 4.78 is 1.83. The van der Waals surface area contributed by atoms with Crippen molar-refractivity contribution in [2.45, 2.75) is 31.8 Å². The predicted molar refractivity (Wildman–Crippen MR) is 105 cm³/mol. The second-order valence-electron chi connectivity index (χ2n) is 7.51. The molecule has 3 aromatic rings. The van der Waals surface area contributed by atoms with Crippen LogP contribution in [0.25, 0.3) is 5.69 Å². The first kappa shape index (κ1) is 17.7. The molecule has 0 N–H and O–H groups in total. The first-order valence-electron chi connectivity index (χ1n) is 9.80. The van der Waals surface area contributed by atoms with Crippen LogP contribution in [0.1, 0.15) is 36.0 Å². The standard InChI is InChI=1S/C20H21N9/c1-14-10-15(4-5-22-14)29-13-18(25-26-29)19-3-2-16-12-27(8-9-28(16)19)20-17(11-21)23-6-7-24-20/h4-7,10,13,16,19H,2-3,8-9,12H2,1H3/t16-,19+/m1/s1. The summed E-state index contributed by atoms with van der Waals surface area (Å²) >= 11 is 0. The van der Waals surface area contributed by atoms with E-state index in [1.165, 1.54) is 0 Å². The summed E-state index contributed by atoms with van der Waals surface area (Å²) in [4.78, 5) is 17.5. The zero-order valence-electron chi connectivity index (χ0n) is 16.2. The van der Waals surface area contributed by atoms with E-state index in [9.17, 15) is 5.26 Å². The van der Waals surface area contributed by atoms with Crippen molar-refractivity contribution in [2.24, 2.45) is 0 Å². The molecule has 0 spiro atoms. The number of nitrogens with zero attached hydrogens (tertiary/aromatic N) is 9. The van der Waals surface area contributed by atoms with Crippen LogP contribution in [0.4, 0.5) is 5.82 Å². The molecule has 0 bridgehead atoms. The number of aromatic nitrogens is 6. The molecule has 5 rings (SSSR count). The van der Waals surface area contributed by atoms with Gasteiger partial charge in [0.05, 0.1) is 17.9 Å². The van der Waals surface area contributed by atoms with Crippen molar-refractivity contribution in [1.29, 1.82) is 5.26 Å². The summed E-state index contributed by atoms with van der Waals surface area (Å²) in [6.07, 6.45) is 9.18. The fourth-order valence-electron chi connectivity index (χ4n) is 4.43. The molecule has 5 heterocycles. The van der Waals surface area contributed by atoms with Crippen LogP contribution in [0.2, 0.25) is 0 Å². The second kappa shape index (κ2) is 7.22. The van der Waals surface area contributed by atoms with E-state index in [1.54, 1.807) is 18.6 Å². The summed E-state index contributed by atoms with van der Waals surface area (Å²) in [5.74, 6) is 0.692. The Bertz CT molecular complexity index is 1070. The van der Waals surface area contributed by atoms with Gasteiger partial charge in [0.25, 0.3) is 0 Å². The van der Waals surface area contributed by atoms with Crippen LogP contribution < -0.4 is 4.90 Å². The highest BCUT2D eigenvalue weighted by molar-refractivity contribution is 5.50. The summed E-state index contributed by atoms with van der Waals surface area (Å²) in [7, 11) is 0. The fraction of sp³-hybridized carbons (Fsp3) is 0.400. The largest absolute Gasteiger partial charge is 0.351 e. The lowest BCUT2D eigenvalue weighted by atomic mass is 10.1. The zero-order valence-corrected chi connectivity index (χ0v) is 16.2. The lowest BCUT2D eigenvalue weighted by Crippen LogP contribution is -2.51. The number of rotatable bonds is 3. The highest BCUT2D eigenvalue weighted by Crippen LogP contribution is 2.37. The highest BCUT2D eigenvalue weighted by Gasteiger charge is 2.40. The van der Waals surface area contributed by atoms with Gasteiger partial charge < -0.3 is 4.90 Å². The minimum atomic E-state index is 0.274. The number of aryl methyl sites for hydroxylation is 1. The molecular formula is C20H21N9. The van der Waals surface area contributed by atoms with Gasteiger partial charge in [0, 0.05) is 50.0 Å². The predicted octanol–water partition coefficient (Wildman–Crippen LogP) is 1.66. The molecular weight excluding hydrogens is 366 g/mol. The number of piperazine rings is 1. The van der Waals surface area contributed by atoms with E-state index in [0.717, 1.165) is 49.6 Å². The molecule has 0 unspecified atom stereocenters. The molecule has 146 valence electrons. The first-order chi connectivity index (χ1) is 14.2. The van der Waals surface area contributed by atoms with Gasteiger partial charge in [0.15, 0.2) is 11.5 Å². The molecule has 0 aliphatic carbocycles. The number of nitriles is 1. The Balaban J connectivity index is 1.33. The smallest absolute Gasteiger partial charge is 0.183 e. The minimum absolute atomic E-state index is 0.274. The van der Waals surface area contributed by atoms with Gasteiger partial charge in [-0.05, 0) is 31.9 Å². The van der Waals surface area contributed by atoms with Crippen molar-refractivity contribution < 1.29 is 0 Å². The van der Waals surface area contributed by atoms with Crippen molar-refractivity contribution in [2.75, 3.05) is 24.5 Å². The molecule has 2 atom stereocenters. The maximum absolute atomic E-state index is 9.33. The van der Waals surface area contributed by atoms with E-state index >= 15 is 0 Å². The Kier molecular flexibility index (Phi) is 4.41. The molecule has 0 radical (unpaired) electrons.